The van der Waals surface area contributed by atoms with Gasteiger partial charge in [-0.05, 0) is 28.1 Å². The summed E-state index contributed by atoms with van der Waals surface area (Å²) >= 11 is 3.43. The number of benzene rings is 1. The summed E-state index contributed by atoms with van der Waals surface area (Å²) in [6.07, 6.45) is 0. The van der Waals surface area contributed by atoms with Crippen LogP contribution in [0.25, 0.3) is 0 Å². The molecule has 1 N–H and O–H groups in total. The van der Waals surface area contributed by atoms with Gasteiger partial charge in [0.05, 0.1) is 24.8 Å². The Bertz CT molecular complexity index is 377. The first-order chi connectivity index (χ1) is 7.63. The summed E-state index contributed by atoms with van der Waals surface area (Å²) < 4.78 is 11.4. The highest BCUT2D eigenvalue weighted by Crippen LogP contribution is 2.30. The molecule has 16 heavy (non-hydrogen) atoms. The zero-order valence-electron chi connectivity index (χ0n) is 9.55. The summed E-state index contributed by atoms with van der Waals surface area (Å²) in [5, 5.41) is 3.41. The Balaban J connectivity index is 1.98. The Hall–Kier alpha value is -0.740. The van der Waals surface area contributed by atoms with Gasteiger partial charge in [-0.1, -0.05) is 6.92 Å². The van der Waals surface area contributed by atoms with Crippen molar-refractivity contribution in [3.8, 4) is 5.75 Å². The summed E-state index contributed by atoms with van der Waals surface area (Å²) in [4.78, 5) is 0. The molecule has 1 saturated heterocycles. The van der Waals surface area contributed by atoms with Crippen LogP contribution in [-0.4, -0.2) is 26.9 Å². The molecule has 0 bridgehead atoms. The summed E-state index contributed by atoms with van der Waals surface area (Å²) in [6, 6.07) is 6.02. The second-order valence-electron chi connectivity index (χ2n) is 4.51. The third-order valence-electron chi connectivity index (χ3n) is 2.77. The van der Waals surface area contributed by atoms with E-state index in [1.165, 1.54) is 0 Å². The van der Waals surface area contributed by atoms with Gasteiger partial charge in [0, 0.05) is 23.7 Å². The lowest BCUT2D eigenvalue weighted by atomic mass is 9.89. The van der Waals surface area contributed by atoms with Crippen molar-refractivity contribution in [1.29, 1.82) is 0 Å². The van der Waals surface area contributed by atoms with Crippen LogP contribution in [0.15, 0.2) is 22.7 Å². The molecule has 2 rings (SSSR count). The average molecular weight is 286 g/mol. The molecule has 1 heterocycles. The van der Waals surface area contributed by atoms with Crippen molar-refractivity contribution in [2.75, 3.05) is 32.2 Å². The van der Waals surface area contributed by atoms with E-state index >= 15 is 0 Å². The van der Waals surface area contributed by atoms with Gasteiger partial charge >= 0.3 is 0 Å². The van der Waals surface area contributed by atoms with Gasteiger partial charge in [0.25, 0.3) is 0 Å². The molecule has 0 radical (unpaired) electrons. The number of anilines is 1. The summed E-state index contributed by atoms with van der Waals surface area (Å²) in [6.45, 7) is 4.83. The molecular formula is C12H16BrNO2. The van der Waals surface area contributed by atoms with Gasteiger partial charge in [-0.15, -0.1) is 0 Å². The largest absolute Gasteiger partial charge is 0.495 e. The number of rotatable bonds is 4. The molecule has 1 fully saturated rings. The molecule has 0 unspecified atom stereocenters. The minimum Gasteiger partial charge on any atom is -0.495 e. The molecule has 88 valence electrons. The quantitative estimate of drug-likeness (QED) is 0.923. The van der Waals surface area contributed by atoms with Crippen molar-refractivity contribution in [1.82, 2.24) is 0 Å². The number of ether oxygens (including phenoxy) is 2. The van der Waals surface area contributed by atoms with E-state index in [0.717, 1.165) is 35.7 Å². The standard InChI is InChI=1S/C12H16BrNO2/c1-12(7-16-8-12)6-14-9-3-4-10(13)11(5-9)15-2/h3-5,14H,6-8H2,1-2H3. The normalized spacial score (nSPS) is 17.7. The van der Waals surface area contributed by atoms with Crippen molar-refractivity contribution in [3.05, 3.63) is 22.7 Å². The minimum atomic E-state index is 0.278. The molecule has 0 atom stereocenters. The van der Waals surface area contributed by atoms with Crippen molar-refractivity contribution in [2.45, 2.75) is 6.92 Å². The van der Waals surface area contributed by atoms with E-state index in [1.54, 1.807) is 7.11 Å². The monoisotopic (exact) mass is 285 g/mol. The highest BCUT2D eigenvalue weighted by atomic mass is 79.9. The molecule has 1 aliphatic heterocycles. The van der Waals surface area contributed by atoms with Crippen LogP contribution in [0.1, 0.15) is 6.92 Å². The predicted molar refractivity (Wildman–Crippen MR) is 68.1 cm³/mol. The van der Waals surface area contributed by atoms with Gasteiger partial charge in [0.1, 0.15) is 5.75 Å². The molecule has 1 aliphatic rings. The van der Waals surface area contributed by atoms with Crippen LogP contribution in [0.3, 0.4) is 0 Å². The minimum absolute atomic E-state index is 0.278. The van der Waals surface area contributed by atoms with Gasteiger partial charge in [0.15, 0.2) is 0 Å². The smallest absolute Gasteiger partial charge is 0.135 e. The van der Waals surface area contributed by atoms with E-state index in [0.29, 0.717) is 0 Å². The third-order valence-corrected chi connectivity index (χ3v) is 3.43. The van der Waals surface area contributed by atoms with E-state index in [2.05, 4.69) is 28.2 Å². The van der Waals surface area contributed by atoms with Crippen molar-refractivity contribution in [3.63, 3.8) is 0 Å². The van der Waals surface area contributed by atoms with Crippen molar-refractivity contribution in [2.24, 2.45) is 5.41 Å². The maximum Gasteiger partial charge on any atom is 0.135 e. The number of nitrogens with one attached hydrogen (secondary N) is 1. The molecule has 3 nitrogen and oxygen atoms in total. The highest BCUT2D eigenvalue weighted by Gasteiger charge is 2.32. The molecule has 1 aromatic rings. The fourth-order valence-corrected chi connectivity index (χ4v) is 2.05. The zero-order chi connectivity index (χ0) is 11.6. The van der Waals surface area contributed by atoms with E-state index in [1.807, 2.05) is 18.2 Å². The molecule has 1 aromatic carbocycles. The van der Waals surface area contributed by atoms with Crippen LogP contribution in [0.4, 0.5) is 5.69 Å². The van der Waals surface area contributed by atoms with E-state index in [-0.39, 0.29) is 5.41 Å². The second-order valence-corrected chi connectivity index (χ2v) is 5.36. The lowest BCUT2D eigenvalue weighted by molar-refractivity contribution is -0.0924. The SMILES string of the molecule is COc1cc(NCC2(C)COC2)ccc1Br. The van der Waals surface area contributed by atoms with Gasteiger partial charge in [-0.3, -0.25) is 0 Å². The molecular weight excluding hydrogens is 270 g/mol. The van der Waals surface area contributed by atoms with Crippen LogP contribution in [0.2, 0.25) is 0 Å². The highest BCUT2D eigenvalue weighted by molar-refractivity contribution is 9.10. The maximum atomic E-state index is 5.25. The molecule has 0 aromatic heterocycles. The van der Waals surface area contributed by atoms with Gasteiger partial charge in [0.2, 0.25) is 0 Å². The van der Waals surface area contributed by atoms with E-state index < -0.39 is 0 Å². The fourth-order valence-electron chi connectivity index (χ4n) is 1.64. The predicted octanol–water partition coefficient (Wildman–Crippen LogP) is 2.91. The van der Waals surface area contributed by atoms with E-state index in [4.69, 9.17) is 9.47 Å². The Morgan fingerprint density at radius 3 is 2.81 bits per heavy atom. The zero-order valence-corrected chi connectivity index (χ0v) is 11.1. The molecule has 0 saturated carbocycles. The Labute approximate surface area is 104 Å². The van der Waals surface area contributed by atoms with Crippen LogP contribution >= 0.6 is 15.9 Å². The van der Waals surface area contributed by atoms with E-state index in [9.17, 15) is 0 Å². The third kappa shape index (κ3) is 2.50. The Kier molecular flexibility index (Phi) is 3.40. The summed E-state index contributed by atoms with van der Waals surface area (Å²) in [5.41, 5.74) is 1.36. The first kappa shape index (κ1) is 11.7. The molecule has 0 spiro atoms. The first-order valence-corrected chi connectivity index (χ1v) is 6.07. The molecule has 0 amide bonds. The number of methoxy groups -OCH3 is 1. The summed E-state index contributed by atoms with van der Waals surface area (Å²) in [5.74, 6) is 0.847. The van der Waals surface area contributed by atoms with Crippen molar-refractivity contribution >= 4 is 21.6 Å². The molecule has 0 aliphatic carbocycles. The maximum absolute atomic E-state index is 5.25. The van der Waals surface area contributed by atoms with Crippen molar-refractivity contribution < 1.29 is 9.47 Å². The number of hydrogen-bond donors (Lipinski definition) is 1. The van der Waals surface area contributed by atoms with Crippen LogP contribution in [0.5, 0.6) is 5.75 Å². The lowest BCUT2D eigenvalue weighted by Gasteiger charge is -2.38. The van der Waals surface area contributed by atoms with Gasteiger partial charge in [-0.25, -0.2) is 0 Å². The topological polar surface area (TPSA) is 30.5 Å². The average Bonchev–Trinajstić information content (AvgIpc) is 2.25. The molecule has 4 heteroatoms. The Morgan fingerprint density at radius 1 is 1.50 bits per heavy atom. The lowest BCUT2D eigenvalue weighted by Crippen LogP contribution is -2.45. The van der Waals surface area contributed by atoms with Crippen LogP contribution in [0, 0.1) is 5.41 Å². The van der Waals surface area contributed by atoms with Gasteiger partial charge < -0.3 is 14.8 Å². The number of hydrogen-bond acceptors (Lipinski definition) is 3. The van der Waals surface area contributed by atoms with Gasteiger partial charge in [-0.2, -0.15) is 0 Å². The fraction of sp³-hybridized carbons (Fsp3) is 0.500. The summed E-state index contributed by atoms with van der Waals surface area (Å²) in [7, 11) is 1.67. The second kappa shape index (κ2) is 4.63. The van der Waals surface area contributed by atoms with Crippen LogP contribution in [-0.2, 0) is 4.74 Å². The number of halogens is 1. The van der Waals surface area contributed by atoms with Crippen LogP contribution < -0.4 is 10.1 Å². The first-order valence-electron chi connectivity index (χ1n) is 5.28. The Morgan fingerprint density at radius 2 is 2.25 bits per heavy atom.